The largest absolute Gasteiger partial charge is 0.494 e. The molecule has 0 aromatic heterocycles. The first-order valence-corrected chi connectivity index (χ1v) is 5.79. The van der Waals surface area contributed by atoms with Crippen molar-refractivity contribution in [2.24, 2.45) is 0 Å². The van der Waals surface area contributed by atoms with Gasteiger partial charge in [0.1, 0.15) is 0 Å². The van der Waals surface area contributed by atoms with Crippen LogP contribution >= 0.6 is 0 Å². The lowest BCUT2D eigenvalue weighted by atomic mass is 10.1. The van der Waals surface area contributed by atoms with Crippen LogP contribution in [0.25, 0.3) is 0 Å². The molecular formula is C13H20FNO2. The first-order valence-electron chi connectivity index (χ1n) is 5.79. The molecule has 96 valence electrons. The molecule has 0 spiro atoms. The summed E-state index contributed by atoms with van der Waals surface area (Å²) < 4.78 is 18.1. The Kier molecular flexibility index (Phi) is 5.38. The molecule has 0 amide bonds. The molecule has 4 heteroatoms. The summed E-state index contributed by atoms with van der Waals surface area (Å²) in [5.74, 6) is -0.0980. The molecule has 17 heavy (non-hydrogen) atoms. The molecule has 0 saturated carbocycles. The molecule has 2 N–H and O–H groups in total. The van der Waals surface area contributed by atoms with Crippen molar-refractivity contribution in [3.63, 3.8) is 0 Å². The average molecular weight is 241 g/mol. The summed E-state index contributed by atoms with van der Waals surface area (Å²) in [5, 5.41) is 12.4. The van der Waals surface area contributed by atoms with Crippen molar-refractivity contribution in [3.05, 3.63) is 29.6 Å². The predicted octanol–water partition coefficient (Wildman–Crippen LogP) is 2.26. The second kappa shape index (κ2) is 6.57. The summed E-state index contributed by atoms with van der Waals surface area (Å²) in [6, 6.07) is 4.93. The summed E-state index contributed by atoms with van der Waals surface area (Å²) in [6.45, 7) is 4.47. The summed E-state index contributed by atoms with van der Waals surface area (Å²) in [5.41, 5.74) is 0.967. The molecular weight excluding hydrogens is 221 g/mol. The van der Waals surface area contributed by atoms with Gasteiger partial charge in [0.05, 0.1) is 13.2 Å². The molecule has 0 aliphatic heterocycles. The van der Waals surface area contributed by atoms with Crippen molar-refractivity contribution >= 4 is 0 Å². The molecule has 0 aliphatic rings. The third kappa shape index (κ3) is 4.32. The van der Waals surface area contributed by atoms with Crippen LogP contribution in [0.15, 0.2) is 18.2 Å². The fourth-order valence-corrected chi connectivity index (χ4v) is 1.57. The number of hydrogen-bond donors (Lipinski definition) is 2. The zero-order chi connectivity index (χ0) is 12.8. The number of aliphatic hydroxyl groups excluding tert-OH is 1. The van der Waals surface area contributed by atoms with Crippen LogP contribution in [0.1, 0.15) is 31.9 Å². The van der Waals surface area contributed by atoms with Gasteiger partial charge in [-0.05, 0) is 44.5 Å². The molecule has 2 atom stereocenters. The molecule has 0 aliphatic carbocycles. The van der Waals surface area contributed by atoms with E-state index in [-0.39, 0.29) is 23.7 Å². The summed E-state index contributed by atoms with van der Waals surface area (Å²) in [4.78, 5) is 0. The van der Waals surface area contributed by atoms with E-state index >= 15 is 0 Å². The third-order valence-corrected chi connectivity index (χ3v) is 2.69. The smallest absolute Gasteiger partial charge is 0.165 e. The zero-order valence-electron chi connectivity index (χ0n) is 10.5. The van der Waals surface area contributed by atoms with Crippen molar-refractivity contribution in [1.82, 2.24) is 5.32 Å². The average Bonchev–Trinajstić information content (AvgIpc) is 2.29. The van der Waals surface area contributed by atoms with Crippen LogP contribution in [0.3, 0.4) is 0 Å². The minimum Gasteiger partial charge on any atom is -0.494 e. The zero-order valence-corrected chi connectivity index (χ0v) is 10.5. The van der Waals surface area contributed by atoms with Crippen molar-refractivity contribution < 1.29 is 14.2 Å². The van der Waals surface area contributed by atoms with Crippen molar-refractivity contribution in [2.75, 3.05) is 13.7 Å². The van der Waals surface area contributed by atoms with E-state index in [0.29, 0.717) is 6.42 Å². The van der Waals surface area contributed by atoms with E-state index < -0.39 is 0 Å². The highest BCUT2D eigenvalue weighted by molar-refractivity contribution is 5.31. The van der Waals surface area contributed by atoms with Gasteiger partial charge in [0.25, 0.3) is 0 Å². The van der Waals surface area contributed by atoms with Gasteiger partial charge in [-0.1, -0.05) is 6.07 Å². The number of ether oxygens (including phenoxy) is 1. The van der Waals surface area contributed by atoms with Gasteiger partial charge in [-0.15, -0.1) is 0 Å². The van der Waals surface area contributed by atoms with Gasteiger partial charge < -0.3 is 15.2 Å². The summed E-state index contributed by atoms with van der Waals surface area (Å²) in [7, 11) is 1.45. The second-order valence-electron chi connectivity index (χ2n) is 4.21. The van der Waals surface area contributed by atoms with Crippen LogP contribution in [0.2, 0.25) is 0 Å². The van der Waals surface area contributed by atoms with E-state index in [4.69, 9.17) is 9.84 Å². The van der Waals surface area contributed by atoms with Gasteiger partial charge in [0, 0.05) is 6.04 Å². The molecule has 0 radical (unpaired) electrons. The highest BCUT2D eigenvalue weighted by Gasteiger charge is 2.09. The Bertz CT molecular complexity index is 355. The first-order chi connectivity index (χ1) is 8.04. The minimum absolute atomic E-state index is 0.100. The SMILES string of the molecule is COc1cc(C(C)NCCC(C)O)ccc1F. The van der Waals surface area contributed by atoms with E-state index in [2.05, 4.69) is 5.32 Å². The van der Waals surface area contributed by atoms with Crippen LogP contribution in [-0.4, -0.2) is 24.9 Å². The number of benzene rings is 1. The van der Waals surface area contributed by atoms with Crippen LogP contribution in [0, 0.1) is 5.82 Å². The molecule has 0 saturated heterocycles. The monoisotopic (exact) mass is 241 g/mol. The second-order valence-corrected chi connectivity index (χ2v) is 4.21. The lowest BCUT2D eigenvalue weighted by Crippen LogP contribution is -2.22. The number of methoxy groups -OCH3 is 1. The van der Waals surface area contributed by atoms with Crippen molar-refractivity contribution in [3.8, 4) is 5.75 Å². The number of hydrogen-bond acceptors (Lipinski definition) is 3. The fraction of sp³-hybridized carbons (Fsp3) is 0.538. The Morgan fingerprint density at radius 1 is 1.41 bits per heavy atom. The molecule has 3 nitrogen and oxygen atoms in total. The Hall–Kier alpha value is -1.13. The van der Waals surface area contributed by atoms with E-state index in [1.54, 1.807) is 19.1 Å². The predicted molar refractivity (Wildman–Crippen MR) is 65.7 cm³/mol. The highest BCUT2D eigenvalue weighted by atomic mass is 19.1. The quantitative estimate of drug-likeness (QED) is 0.802. The van der Waals surface area contributed by atoms with E-state index in [0.717, 1.165) is 12.1 Å². The Labute approximate surface area is 102 Å². The van der Waals surface area contributed by atoms with Crippen LogP contribution < -0.4 is 10.1 Å². The normalized spacial score (nSPS) is 14.4. The van der Waals surface area contributed by atoms with Crippen molar-refractivity contribution in [1.29, 1.82) is 0 Å². The molecule has 1 aromatic carbocycles. The van der Waals surface area contributed by atoms with Gasteiger partial charge in [-0.3, -0.25) is 0 Å². The van der Waals surface area contributed by atoms with Gasteiger partial charge in [0.15, 0.2) is 11.6 Å². The highest BCUT2D eigenvalue weighted by Crippen LogP contribution is 2.22. The molecule has 0 bridgehead atoms. The van der Waals surface area contributed by atoms with Gasteiger partial charge >= 0.3 is 0 Å². The maximum Gasteiger partial charge on any atom is 0.165 e. The summed E-state index contributed by atoms with van der Waals surface area (Å²) in [6.07, 6.45) is 0.389. The van der Waals surface area contributed by atoms with Gasteiger partial charge in [0.2, 0.25) is 0 Å². The first kappa shape index (κ1) is 13.9. The molecule has 0 heterocycles. The number of halogens is 1. The fourth-order valence-electron chi connectivity index (χ4n) is 1.57. The number of rotatable bonds is 6. The van der Waals surface area contributed by atoms with Crippen molar-refractivity contribution in [2.45, 2.75) is 32.4 Å². The number of nitrogens with one attached hydrogen (secondary N) is 1. The third-order valence-electron chi connectivity index (χ3n) is 2.69. The van der Waals surface area contributed by atoms with Crippen LogP contribution in [-0.2, 0) is 0 Å². The lowest BCUT2D eigenvalue weighted by Gasteiger charge is -2.16. The lowest BCUT2D eigenvalue weighted by molar-refractivity contribution is 0.182. The van der Waals surface area contributed by atoms with Gasteiger partial charge in [-0.25, -0.2) is 4.39 Å². The minimum atomic E-state index is -0.354. The van der Waals surface area contributed by atoms with E-state index in [1.807, 2.05) is 6.92 Å². The Morgan fingerprint density at radius 2 is 2.12 bits per heavy atom. The van der Waals surface area contributed by atoms with E-state index in [9.17, 15) is 4.39 Å². The summed E-state index contributed by atoms with van der Waals surface area (Å²) >= 11 is 0. The molecule has 2 unspecified atom stereocenters. The molecule has 0 fully saturated rings. The standard InChI is InChI=1S/C13H20FNO2/c1-9(16)6-7-15-10(2)11-4-5-12(14)13(8-11)17-3/h4-5,8-10,15-16H,6-7H2,1-3H3. The van der Waals surface area contributed by atoms with Gasteiger partial charge in [-0.2, -0.15) is 0 Å². The Morgan fingerprint density at radius 3 is 2.71 bits per heavy atom. The van der Waals surface area contributed by atoms with E-state index in [1.165, 1.54) is 13.2 Å². The maximum absolute atomic E-state index is 13.2. The molecule has 1 aromatic rings. The van der Waals surface area contributed by atoms with Crippen LogP contribution in [0.4, 0.5) is 4.39 Å². The Balaban J connectivity index is 2.59. The topological polar surface area (TPSA) is 41.5 Å². The number of aliphatic hydroxyl groups is 1. The molecule has 1 rings (SSSR count). The maximum atomic E-state index is 13.2. The van der Waals surface area contributed by atoms with Crippen LogP contribution in [0.5, 0.6) is 5.75 Å².